The summed E-state index contributed by atoms with van der Waals surface area (Å²) in [4.78, 5) is 15.9. The lowest BCUT2D eigenvalue weighted by Crippen LogP contribution is -2.07. The fraction of sp³-hybridized carbons (Fsp3) is 0.200. The Morgan fingerprint density at radius 2 is 2.00 bits per heavy atom. The first-order valence-corrected chi connectivity index (χ1v) is 6.02. The summed E-state index contributed by atoms with van der Waals surface area (Å²) >= 11 is 0. The largest absolute Gasteiger partial charge is 0.496 e. The molecule has 0 aliphatic heterocycles. The summed E-state index contributed by atoms with van der Waals surface area (Å²) in [6.07, 6.45) is 3.16. The molecule has 0 fully saturated rings. The Hall–Kier alpha value is -2.36. The highest BCUT2D eigenvalue weighted by atomic mass is 16.5. The Labute approximate surface area is 112 Å². The zero-order valence-corrected chi connectivity index (χ0v) is 10.9. The normalized spacial score (nSPS) is 10.0. The summed E-state index contributed by atoms with van der Waals surface area (Å²) < 4.78 is 10.4. The minimum atomic E-state index is -0.378. The van der Waals surface area contributed by atoms with Crippen LogP contribution in [-0.4, -0.2) is 24.7 Å². The first-order chi connectivity index (χ1) is 9.27. The maximum Gasteiger partial charge on any atom is 0.340 e. The lowest BCUT2D eigenvalue weighted by atomic mass is 10.0. The Kier molecular flexibility index (Phi) is 4.13. The van der Waals surface area contributed by atoms with Crippen molar-refractivity contribution in [2.45, 2.75) is 6.92 Å². The molecule has 4 nitrogen and oxygen atoms in total. The van der Waals surface area contributed by atoms with E-state index in [1.54, 1.807) is 26.3 Å². The fourth-order valence-electron chi connectivity index (χ4n) is 1.87. The third kappa shape index (κ3) is 2.73. The summed E-state index contributed by atoms with van der Waals surface area (Å²) in [7, 11) is 1.60. The van der Waals surface area contributed by atoms with Gasteiger partial charge in [0.25, 0.3) is 0 Å². The summed E-state index contributed by atoms with van der Waals surface area (Å²) in [5, 5.41) is 0. The van der Waals surface area contributed by atoms with E-state index in [0.29, 0.717) is 17.9 Å². The first kappa shape index (κ1) is 13.1. The van der Waals surface area contributed by atoms with Gasteiger partial charge in [0, 0.05) is 23.5 Å². The van der Waals surface area contributed by atoms with E-state index < -0.39 is 0 Å². The van der Waals surface area contributed by atoms with Crippen molar-refractivity contribution in [1.82, 2.24) is 4.98 Å². The predicted molar refractivity (Wildman–Crippen MR) is 72.2 cm³/mol. The molecule has 1 heterocycles. The predicted octanol–water partition coefficient (Wildman–Crippen LogP) is 2.93. The highest BCUT2D eigenvalue weighted by molar-refractivity contribution is 5.97. The van der Waals surface area contributed by atoms with E-state index >= 15 is 0 Å². The number of carbonyl (C=O) groups excluding carboxylic acids is 1. The van der Waals surface area contributed by atoms with Crippen LogP contribution in [0, 0.1) is 0 Å². The van der Waals surface area contributed by atoms with Gasteiger partial charge in [-0.25, -0.2) is 4.79 Å². The third-order valence-electron chi connectivity index (χ3n) is 2.71. The van der Waals surface area contributed by atoms with E-state index in [2.05, 4.69) is 4.98 Å². The molecule has 0 N–H and O–H groups in total. The molecule has 1 aromatic heterocycles. The van der Waals surface area contributed by atoms with Crippen molar-refractivity contribution >= 4 is 5.97 Å². The number of nitrogens with zero attached hydrogens (tertiary/aromatic N) is 1. The maximum atomic E-state index is 11.9. The average molecular weight is 257 g/mol. The van der Waals surface area contributed by atoms with E-state index in [4.69, 9.17) is 9.47 Å². The molecule has 2 rings (SSSR count). The lowest BCUT2D eigenvalue weighted by Gasteiger charge is -2.11. The van der Waals surface area contributed by atoms with Gasteiger partial charge in [-0.05, 0) is 19.1 Å². The quantitative estimate of drug-likeness (QED) is 0.790. The molecule has 0 bridgehead atoms. The molecule has 0 atom stereocenters. The zero-order chi connectivity index (χ0) is 13.7. The Morgan fingerprint density at radius 1 is 1.21 bits per heavy atom. The molecule has 19 heavy (non-hydrogen) atoms. The van der Waals surface area contributed by atoms with Crippen LogP contribution in [0.1, 0.15) is 17.3 Å². The molecule has 0 saturated heterocycles. The van der Waals surface area contributed by atoms with Gasteiger partial charge in [0.05, 0.1) is 19.3 Å². The van der Waals surface area contributed by atoms with Crippen LogP contribution in [0.5, 0.6) is 5.75 Å². The Balaban J connectivity index is 2.53. The van der Waals surface area contributed by atoms with Gasteiger partial charge in [-0.2, -0.15) is 0 Å². The smallest absolute Gasteiger partial charge is 0.340 e. The summed E-state index contributed by atoms with van der Waals surface area (Å²) in [6.45, 7) is 2.11. The lowest BCUT2D eigenvalue weighted by molar-refractivity contribution is 0.0527. The average Bonchev–Trinajstić information content (AvgIpc) is 2.47. The number of aromatic nitrogens is 1. The van der Waals surface area contributed by atoms with Crippen LogP contribution in [0.4, 0.5) is 0 Å². The highest BCUT2D eigenvalue weighted by Crippen LogP contribution is 2.31. The third-order valence-corrected chi connectivity index (χ3v) is 2.71. The minimum Gasteiger partial charge on any atom is -0.496 e. The van der Waals surface area contributed by atoms with Crippen molar-refractivity contribution in [2.24, 2.45) is 0 Å². The van der Waals surface area contributed by atoms with Crippen molar-refractivity contribution < 1.29 is 14.3 Å². The van der Waals surface area contributed by atoms with Crippen molar-refractivity contribution in [3.05, 3.63) is 48.3 Å². The van der Waals surface area contributed by atoms with E-state index in [0.717, 1.165) is 11.1 Å². The van der Waals surface area contributed by atoms with Gasteiger partial charge in [-0.3, -0.25) is 4.98 Å². The van der Waals surface area contributed by atoms with Crippen LogP contribution in [0.2, 0.25) is 0 Å². The van der Waals surface area contributed by atoms with Crippen molar-refractivity contribution in [1.29, 1.82) is 0 Å². The van der Waals surface area contributed by atoms with Crippen molar-refractivity contribution in [3.8, 4) is 16.9 Å². The molecule has 0 saturated carbocycles. The molecule has 0 radical (unpaired) electrons. The number of methoxy groups -OCH3 is 1. The molecule has 98 valence electrons. The van der Waals surface area contributed by atoms with Gasteiger partial charge in [0.1, 0.15) is 5.75 Å². The van der Waals surface area contributed by atoms with Gasteiger partial charge in [-0.1, -0.05) is 18.2 Å². The number of rotatable bonds is 4. The maximum absolute atomic E-state index is 11.9. The van der Waals surface area contributed by atoms with Crippen LogP contribution in [0.25, 0.3) is 11.1 Å². The minimum absolute atomic E-state index is 0.332. The number of hydrogen-bond donors (Lipinski definition) is 0. The van der Waals surface area contributed by atoms with Gasteiger partial charge in [-0.15, -0.1) is 0 Å². The van der Waals surface area contributed by atoms with Crippen LogP contribution >= 0.6 is 0 Å². The molecule has 0 spiro atoms. The summed E-state index contributed by atoms with van der Waals surface area (Å²) in [5.74, 6) is 0.329. The van der Waals surface area contributed by atoms with Crippen LogP contribution in [0.3, 0.4) is 0 Å². The van der Waals surface area contributed by atoms with E-state index in [1.807, 2.05) is 24.3 Å². The number of carbonyl (C=O) groups is 1. The fourth-order valence-corrected chi connectivity index (χ4v) is 1.87. The zero-order valence-electron chi connectivity index (χ0n) is 10.9. The Morgan fingerprint density at radius 3 is 2.74 bits per heavy atom. The molecule has 0 unspecified atom stereocenters. The SMILES string of the molecule is CCOC(=O)c1cnccc1-c1ccccc1OC. The van der Waals surface area contributed by atoms with Crippen LogP contribution in [0.15, 0.2) is 42.7 Å². The van der Waals surface area contributed by atoms with E-state index in [1.165, 1.54) is 6.20 Å². The van der Waals surface area contributed by atoms with E-state index in [-0.39, 0.29) is 5.97 Å². The molecule has 0 aliphatic carbocycles. The van der Waals surface area contributed by atoms with E-state index in [9.17, 15) is 4.79 Å². The molecular formula is C15H15NO3. The van der Waals surface area contributed by atoms with Crippen molar-refractivity contribution in [3.63, 3.8) is 0 Å². The first-order valence-electron chi connectivity index (χ1n) is 6.02. The highest BCUT2D eigenvalue weighted by Gasteiger charge is 2.16. The van der Waals surface area contributed by atoms with Crippen LogP contribution < -0.4 is 4.74 Å². The summed E-state index contributed by atoms with van der Waals surface area (Å²) in [5.41, 5.74) is 2.04. The number of esters is 1. The van der Waals surface area contributed by atoms with Gasteiger partial charge in [0.15, 0.2) is 0 Å². The second-order valence-electron chi connectivity index (χ2n) is 3.84. The molecule has 0 amide bonds. The topological polar surface area (TPSA) is 48.4 Å². The summed E-state index contributed by atoms with van der Waals surface area (Å²) in [6, 6.07) is 9.31. The monoisotopic (exact) mass is 257 g/mol. The number of benzene rings is 1. The number of ether oxygens (including phenoxy) is 2. The van der Waals surface area contributed by atoms with Gasteiger partial charge < -0.3 is 9.47 Å². The molecular weight excluding hydrogens is 242 g/mol. The standard InChI is InChI=1S/C15H15NO3/c1-3-19-15(17)13-10-16-9-8-11(13)12-6-4-5-7-14(12)18-2/h4-10H,3H2,1-2H3. The van der Waals surface area contributed by atoms with Gasteiger partial charge in [0.2, 0.25) is 0 Å². The Bertz CT molecular complexity index is 581. The molecule has 2 aromatic rings. The molecule has 1 aromatic carbocycles. The second-order valence-corrected chi connectivity index (χ2v) is 3.84. The molecule has 4 heteroatoms. The van der Waals surface area contributed by atoms with Crippen molar-refractivity contribution in [2.75, 3.05) is 13.7 Å². The van der Waals surface area contributed by atoms with Gasteiger partial charge >= 0.3 is 5.97 Å². The number of hydrogen-bond acceptors (Lipinski definition) is 4. The van der Waals surface area contributed by atoms with Crippen LogP contribution in [-0.2, 0) is 4.74 Å². The number of para-hydroxylation sites is 1. The second kappa shape index (κ2) is 6.00. The number of pyridine rings is 1. The molecule has 0 aliphatic rings.